The third-order valence-electron chi connectivity index (χ3n) is 4.71. The fraction of sp³-hybridized carbons (Fsp3) is 0.913. The van der Waals surface area contributed by atoms with Crippen LogP contribution in [0, 0.1) is 11.8 Å². The maximum absolute atomic E-state index is 5.70. The van der Waals surface area contributed by atoms with Gasteiger partial charge in [-0.2, -0.15) is 0 Å². The number of rotatable bonds is 18. The van der Waals surface area contributed by atoms with Gasteiger partial charge in [-0.1, -0.05) is 84.8 Å². The normalized spacial score (nSPS) is 13.2. The van der Waals surface area contributed by atoms with Crippen molar-refractivity contribution in [1.29, 1.82) is 0 Å². The molecule has 144 valence electrons. The zero-order valence-electron chi connectivity index (χ0n) is 17.3. The molecule has 24 heavy (non-hydrogen) atoms. The molecule has 1 heteroatoms. The first-order valence-electron chi connectivity index (χ1n) is 10.9. The third kappa shape index (κ3) is 19.7. The van der Waals surface area contributed by atoms with E-state index in [1.807, 2.05) is 0 Å². The Morgan fingerprint density at radius 2 is 1.38 bits per heavy atom. The van der Waals surface area contributed by atoms with Gasteiger partial charge >= 0.3 is 0 Å². The van der Waals surface area contributed by atoms with Crippen LogP contribution in [0.5, 0.6) is 0 Å². The molecule has 0 bridgehead atoms. The van der Waals surface area contributed by atoms with E-state index in [1.165, 1.54) is 83.5 Å². The molecule has 1 nitrogen and oxygen atoms in total. The van der Waals surface area contributed by atoms with Crippen LogP contribution in [0.15, 0.2) is 12.2 Å². The average molecular weight is 339 g/mol. The summed E-state index contributed by atoms with van der Waals surface area (Å²) >= 11 is 0. The summed E-state index contributed by atoms with van der Waals surface area (Å²) in [5.74, 6) is 1.57. The van der Waals surface area contributed by atoms with E-state index in [0.717, 1.165) is 25.0 Å². The van der Waals surface area contributed by atoms with Crippen molar-refractivity contribution >= 4 is 0 Å². The van der Waals surface area contributed by atoms with Gasteiger partial charge in [-0.3, -0.25) is 0 Å². The van der Waals surface area contributed by atoms with Crippen molar-refractivity contribution in [3.8, 4) is 0 Å². The molecule has 0 aliphatic heterocycles. The second-order valence-electron chi connectivity index (χ2n) is 7.96. The fourth-order valence-corrected chi connectivity index (χ4v) is 3.01. The van der Waals surface area contributed by atoms with Crippen LogP contribution in [0.4, 0.5) is 0 Å². The van der Waals surface area contributed by atoms with E-state index in [-0.39, 0.29) is 0 Å². The lowest BCUT2D eigenvalue weighted by molar-refractivity contribution is 0.123. The maximum Gasteiger partial charge on any atom is 0.0466 e. The van der Waals surface area contributed by atoms with Gasteiger partial charge in [0.1, 0.15) is 0 Å². The van der Waals surface area contributed by atoms with E-state index in [9.17, 15) is 0 Å². The molecule has 0 heterocycles. The van der Waals surface area contributed by atoms with Crippen molar-refractivity contribution in [2.75, 3.05) is 13.2 Å². The molecule has 0 radical (unpaired) electrons. The molecule has 0 fully saturated rings. The molecule has 1 atom stereocenters. The van der Waals surface area contributed by atoms with E-state index in [1.54, 1.807) is 0 Å². The van der Waals surface area contributed by atoms with Gasteiger partial charge in [0.2, 0.25) is 0 Å². The highest BCUT2D eigenvalue weighted by Gasteiger charge is 1.98. The standard InChI is InChI=1S/C23H46O/c1-5-6-7-8-9-10-13-18-23(4)19-14-11-12-15-20-24-21-16-17-22(2)3/h13,18,22-23H,5-12,14-17,19-21H2,1-4H3/b18-13+. The van der Waals surface area contributed by atoms with Crippen molar-refractivity contribution < 1.29 is 4.74 Å². The molecule has 0 rings (SSSR count). The summed E-state index contributed by atoms with van der Waals surface area (Å²) in [5, 5.41) is 0. The van der Waals surface area contributed by atoms with Crippen molar-refractivity contribution in [3.63, 3.8) is 0 Å². The van der Waals surface area contributed by atoms with Gasteiger partial charge in [0.05, 0.1) is 0 Å². The molecule has 0 saturated heterocycles. The largest absolute Gasteiger partial charge is 0.381 e. The Hall–Kier alpha value is -0.300. The fourth-order valence-electron chi connectivity index (χ4n) is 3.01. The predicted molar refractivity (Wildman–Crippen MR) is 110 cm³/mol. The molecule has 0 aliphatic rings. The van der Waals surface area contributed by atoms with Crippen molar-refractivity contribution in [3.05, 3.63) is 12.2 Å². The molecule has 0 aliphatic carbocycles. The second-order valence-corrected chi connectivity index (χ2v) is 7.96. The Balaban J connectivity index is 3.23. The van der Waals surface area contributed by atoms with Gasteiger partial charge in [-0.15, -0.1) is 0 Å². The molecular weight excluding hydrogens is 292 g/mol. The monoisotopic (exact) mass is 338 g/mol. The van der Waals surface area contributed by atoms with E-state index in [0.29, 0.717) is 0 Å². The average Bonchev–Trinajstić information content (AvgIpc) is 2.55. The van der Waals surface area contributed by atoms with Gasteiger partial charge in [0.25, 0.3) is 0 Å². The van der Waals surface area contributed by atoms with Crippen molar-refractivity contribution in [2.24, 2.45) is 11.8 Å². The summed E-state index contributed by atoms with van der Waals surface area (Å²) in [6.07, 6.45) is 22.3. The summed E-state index contributed by atoms with van der Waals surface area (Å²) in [6.45, 7) is 11.1. The van der Waals surface area contributed by atoms with Crippen LogP contribution < -0.4 is 0 Å². The smallest absolute Gasteiger partial charge is 0.0466 e. The summed E-state index contributed by atoms with van der Waals surface area (Å²) in [6, 6.07) is 0. The lowest BCUT2D eigenvalue weighted by Crippen LogP contribution is -1.99. The minimum absolute atomic E-state index is 0.757. The zero-order valence-corrected chi connectivity index (χ0v) is 17.3. The van der Waals surface area contributed by atoms with Gasteiger partial charge in [0, 0.05) is 13.2 Å². The number of unbranched alkanes of at least 4 members (excludes halogenated alkanes) is 8. The van der Waals surface area contributed by atoms with Crippen molar-refractivity contribution in [1.82, 2.24) is 0 Å². The Morgan fingerprint density at radius 3 is 2.12 bits per heavy atom. The van der Waals surface area contributed by atoms with E-state index >= 15 is 0 Å². The van der Waals surface area contributed by atoms with Crippen LogP contribution in [0.25, 0.3) is 0 Å². The molecular formula is C23H46O. The summed E-state index contributed by atoms with van der Waals surface area (Å²) in [5.41, 5.74) is 0. The van der Waals surface area contributed by atoms with Crippen LogP contribution in [0.1, 0.15) is 111 Å². The predicted octanol–water partition coefficient (Wildman–Crippen LogP) is 7.94. The van der Waals surface area contributed by atoms with Gasteiger partial charge in [0.15, 0.2) is 0 Å². The Kier molecular flexibility index (Phi) is 18.8. The first-order valence-corrected chi connectivity index (χ1v) is 10.9. The van der Waals surface area contributed by atoms with E-state index < -0.39 is 0 Å². The van der Waals surface area contributed by atoms with Crippen LogP contribution in [-0.2, 0) is 4.74 Å². The summed E-state index contributed by atoms with van der Waals surface area (Å²) in [7, 11) is 0. The minimum Gasteiger partial charge on any atom is -0.381 e. The molecule has 0 spiro atoms. The highest BCUT2D eigenvalue weighted by molar-refractivity contribution is 4.86. The van der Waals surface area contributed by atoms with E-state index in [4.69, 9.17) is 4.74 Å². The zero-order chi connectivity index (χ0) is 17.9. The van der Waals surface area contributed by atoms with Gasteiger partial charge in [-0.05, 0) is 50.4 Å². The second kappa shape index (κ2) is 19.0. The molecule has 0 aromatic heterocycles. The number of allylic oxidation sites excluding steroid dienone is 2. The highest BCUT2D eigenvalue weighted by Crippen LogP contribution is 2.13. The van der Waals surface area contributed by atoms with Crippen LogP contribution in [-0.4, -0.2) is 13.2 Å². The van der Waals surface area contributed by atoms with E-state index in [2.05, 4.69) is 39.8 Å². The topological polar surface area (TPSA) is 9.23 Å². The first kappa shape index (κ1) is 23.7. The van der Waals surface area contributed by atoms with Crippen LogP contribution >= 0.6 is 0 Å². The number of ether oxygens (including phenoxy) is 1. The molecule has 0 N–H and O–H groups in total. The summed E-state index contributed by atoms with van der Waals surface area (Å²) in [4.78, 5) is 0. The lowest BCUT2D eigenvalue weighted by Gasteiger charge is -2.07. The molecule has 1 unspecified atom stereocenters. The van der Waals surface area contributed by atoms with Crippen LogP contribution in [0.2, 0.25) is 0 Å². The molecule has 0 aromatic rings. The Bertz CT molecular complexity index is 257. The van der Waals surface area contributed by atoms with Crippen molar-refractivity contribution in [2.45, 2.75) is 111 Å². The van der Waals surface area contributed by atoms with Gasteiger partial charge in [-0.25, -0.2) is 0 Å². The molecule has 0 aromatic carbocycles. The SMILES string of the molecule is CCCCCCC/C=C/C(C)CCCCCCOCCCC(C)C. The lowest BCUT2D eigenvalue weighted by atomic mass is 10.0. The Morgan fingerprint density at radius 1 is 0.708 bits per heavy atom. The maximum atomic E-state index is 5.70. The molecule has 0 saturated carbocycles. The quantitative estimate of drug-likeness (QED) is 0.182. The highest BCUT2D eigenvalue weighted by atomic mass is 16.5. The first-order chi connectivity index (χ1) is 11.7. The van der Waals surface area contributed by atoms with Crippen LogP contribution in [0.3, 0.4) is 0 Å². The minimum atomic E-state index is 0.757. The number of hydrogen-bond donors (Lipinski definition) is 0. The Labute approximate surface area is 153 Å². The summed E-state index contributed by atoms with van der Waals surface area (Å²) < 4.78 is 5.70. The number of hydrogen-bond acceptors (Lipinski definition) is 1. The molecule has 0 amide bonds. The van der Waals surface area contributed by atoms with Gasteiger partial charge < -0.3 is 4.74 Å². The third-order valence-corrected chi connectivity index (χ3v) is 4.71.